The van der Waals surface area contributed by atoms with Crippen LogP contribution in [0.25, 0.3) is 0 Å². The summed E-state index contributed by atoms with van der Waals surface area (Å²) >= 11 is 3.38. The maximum Gasteiger partial charge on any atom is 0.329 e. The maximum atomic E-state index is 13.4. The number of nitrogens with zero attached hydrogens (tertiary/aromatic N) is 1. The fourth-order valence-electron chi connectivity index (χ4n) is 3.65. The highest BCUT2D eigenvalue weighted by Crippen LogP contribution is 2.41. The third-order valence-corrected chi connectivity index (χ3v) is 6.05. The zero-order chi connectivity index (χ0) is 23.0. The Labute approximate surface area is 193 Å². The predicted molar refractivity (Wildman–Crippen MR) is 124 cm³/mol. The van der Waals surface area contributed by atoms with Gasteiger partial charge < -0.3 is 15.7 Å². The number of hydrogen-bond acceptors (Lipinski definition) is 3. The van der Waals surface area contributed by atoms with Crippen LogP contribution in [0.2, 0.25) is 0 Å². The fraction of sp³-hybridized carbons (Fsp3) is 0.167. The van der Waals surface area contributed by atoms with Crippen molar-refractivity contribution in [3.05, 3.63) is 93.2 Å². The van der Waals surface area contributed by atoms with Gasteiger partial charge in [-0.3, -0.25) is 9.69 Å². The molecule has 0 spiro atoms. The fourth-order valence-corrected chi connectivity index (χ4v) is 4.01. The molecule has 1 aliphatic heterocycles. The summed E-state index contributed by atoms with van der Waals surface area (Å²) in [6.07, 6.45) is 0. The molecule has 3 aromatic carbocycles. The summed E-state index contributed by atoms with van der Waals surface area (Å²) < 4.78 is 13.8. The molecule has 0 bridgehead atoms. The average molecular weight is 498 g/mol. The van der Waals surface area contributed by atoms with Crippen LogP contribution >= 0.6 is 15.9 Å². The SMILES string of the molecule is Cc1ccc(N2C(=O)Nc3ccc(Br)cc3[C@@]2(O)C(=O)NCc2ccc(F)cc2)cc1C. The Morgan fingerprint density at radius 3 is 2.50 bits per heavy atom. The topological polar surface area (TPSA) is 81.7 Å². The molecule has 4 rings (SSSR count). The Kier molecular flexibility index (Phi) is 5.75. The van der Waals surface area contributed by atoms with Gasteiger partial charge in [0, 0.05) is 22.3 Å². The van der Waals surface area contributed by atoms with Crippen molar-refractivity contribution < 1.29 is 19.1 Å². The van der Waals surface area contributed by atoms with E-state index < -0.39 is 17.7 Å². The van der Waals surface area contributed by atoms with Crippen LogP contribution in [-0.2, 0) is 17.1 Å². The third kappa shape index (κ3) is 3.87. The molecule has 1 aliphatic rings. The summed E-state index contributed by atoms with van der Waals surface area (Å²) in [5.74, 6) is -1.17. The minimum absolute atomic E-state index is 0.0488. The number of urea groups is 1. The van der Waals surface area contributed by atoms with E-state index in [1.807, 2.05) is 19.9 Å². The summed E-state index contributed by atoms with van der Waals surface area (Å²) in [6, 6.07) is 15.2. The number of carbonyl (C=O) groups excluding carboxylic acids is 2. The van der Waals surface area contributed by atoms with Gasteiger partial charge in [0.05, 0.1) is 5.69 Å². The van der Waals surface area contributed by atoms with Crippen LogP contribution in [0.5, 0.6) is 0 Å². The standard InChI is InChI=1S/C24H21BrFN3O3/c1-14-3-9-19(11-15(14)2)29-23(31)28-21-10-6-17(25)12-20(21)24(29,32)22(30)27-13-16-4-7-18(26)8-5-16/h3-12,32H,13H2,1-2H3,(H,27,30)(H,28,31)/t24-/m1/s1. The smallest absolute Gasteiger partial charge is 0.329 e. The van der Waals surface area contributed by atoms with Gasteiger partial charge in [0.25, 0.3) is 11.6 Å². The average Bonchev–Trinajstić information content (AvgIpc) is 2.76. The molecule has 3 amide bonds. The van der Waals surface area contributed by atoms with E-state index in [-0.39, 0.29) is 17.9 Å². The number of halogens is 2. The van der Waals surface area contributed by atoms with Gasteiger partial charge in [-0.25, -0.2) is 9.18 Å². The minimum Gasteiger partial charge on any atom is -0.359 e. The Hall–Kier alpha value is -3.23. The number of hydrogen-bond donors (Lipinski definition) is 3. The van der Waals surface area contributed by atoms with Crippen molar-refractivity contribution >= 4 is 39.2 Å². The molecule has 3 N–H and O–H groups in total. The Balaban J connectivity index is 1.79. The summed E-state index contributed by atoms with van der Waals surface area (Å²) in [4.78, 5) is 27.6. The first-order valence-electron chi connectivity index (χ1n) is 9.94. The van der Waals surface area contributed by atoms with Gasteiger partial charge in [-0.15, -0.1) is 0 Å². The molecular weight excluding hydrogens is 477 g/mol. The molecule has 32 heavy (non-hydrogen) atoms. The van der Waals surface area contributed by atoms with Gasteiger partial charge in [0.1, 0.15) is 5.82 Å². The second-order valence-corrected chi connectivity index (χ2v) is 8.62. The summed E-state index contributed by atoms with van der Waals surface area (Å²) in [6.45, 7) is 3.87. The Morgan fingerprint density at radius 1 is 1.09 bits per heavy atom. The lowest BCUT2D eigenvalue weighted by molar-refractivity contribution is -0.140. The lowest BCUT2D eigenvalue weighted by atomic mass is 9.94. The number of nitrogens with one attached hydrogen (secondary N) is 2. The van der Waals surface area contributed by atoms with Crippen LogP contribution in [0, 0.1) is 19.7 Å². The molecule has 164 valence electrons. The first-order valence-corrected chi connectivity index (χ1v) is 10.7. The number of carbonyl (C=O) groups is 2. The molecule has 0 aromatic heterocycles. The normalized spacial score (nSPS) is 17.5. The second kappa shape index (κ2) is 8.37. The van der Waals surface area contributed by atoms with Gasteiger partial charge in [0.15, 0.2) is 0 Å². The molecule has 1 heterocycles. The second-order valence-electron chi connectivity index (χ2n) is 7.71. The lowest BCUT2D eigenvalue weighted by Gasteiger charge is -2.43. The van der Waals surface area contributed by atoms with Crippen LogP contribution in [0.1, 0.15) is 22.3 Å². The zero-order valence-corrected chi connectivity index (χ0v) is 19.0. The van der Waals surface area contributed by atoms with Gasteiger partial charge in [-0.2, -0.15) is 0 Å². The van der Waals surface area contributed by atoms with Crippen molar-refractivity contribution in [2.45, 2.75) is 26.1 Å². The van der Waals surface area contributed by atoms with Crippen molar-refractivity contribution in [3.8, 4) is 0 Å². The predicted octanol–water partition coefficient (Wildman–Crippen LogP) is 4.72. The van der Waals surface area contributed by atoms with Crippen LogP contribution in [0.15, 0.2) is 65.1 Å². The maximum absolute atomic E-state index is 13.4. The number of anilines is 2. The van der Waals surface area contributed by atoms with Gasteiger partial charge in [-0.1, -0.05) is 34.1 Å². The first-order chi connectivity index (χ1) is 15.2. The first kappa shape index (κ1) is 22.0. The quantitative estimate of drug-likeness (QED) is 0.487. The van der Waals surface area contributed by atoms with Crippen LogP contribution < -0.4 is 15.5 Å². The number of rotatable bonds is 4. The summed E-state index contributed by atoms with van der Waals surface area (Å²) in [7, 11) is 0. The van der Waals surface area contributed by atoms with Crippen molar-refractivity contribution in [2.24, 2.45) is 0 Å². The van der Waals surface area contributed by atoms with E-state index in [4.69, 9.17) is 0 Å². The van der Waals surface area contributed by atoms with Gasteiger partial charge in [0.2, 0.25) is 0 Å². The molecule has 0 fully saturated rings. The highest BCUT2D eigenvalue weighted by atomic mass is 79.9. The number of amides is 3. The van der Waals surface area contributed by atoms with Crippen LogP contribution in [-0.4, -0.2) is 17.0 Å². The van der Waals surface area contributed by atoms with Crippen molar-refractivity contribution in [3.63, 3.8) is 0 Å². The monoisotopic (exact) mass is 497 g/mol. The van der Waals surface area contributed by atoms with E-state index in [0.29, 0.717) is 21.4 Å². The van der Waals surface area contributed by atoms with Crippen LogP contribution in [0.3, 0.4) is 0 Å². The largest absolute Gasteiger partial charge is 0.359 e. The van der Waals surface area contributed by atoms with Crippen molar-refractivity contribution in [1.82, 2.24) is 5.32 Å². The van der Waals surface area contributed by atoms with Crippen molar-refractivity contribution in [1.29, 1.82) is 0 Å². The molecule has 0 saturated heterocycles. The summed E-state index contributed by atoms with van der Waals surface area (Å²) in [5, 5.41) is 17.3. The molecule has 1 atom stereocenters. The Bertz CT molecular complexity index is 1220. The van der Waals surface area contributed by atoms with E-state index >= 15 is 0 Å². The van der Waals surface area contributed by atoms with E-state index in [1.54, 1.807) is 42.5 Å². The molecule has 0 radical (unpaired) electrons. The van der Waals surface area contributed by atoms with Gasteiger partial charge in [-0.05, 0) is 73.0 Å². The third-order valence-electron chi connectivity index (χ3n) is 5.56. The molecule has 0 saturated carbocycles. The van der Waals surface area contributed by atoms with Crippen LogP contribution in [0.4, 0.5) is 20.6 Å². The van der Waals surface area contributed by atoms with E-state index in [0.717, 1.165) is 16.0 Å². The number of benzene rings is 3. The molecule has 0 unspecified atom stereocenters. The molecule has 6 nitrogen and oxygen atoms in total. The lowest BCUT2D eigenvalue weighted by Crippen LogP contribution is -2.62. The molecule has 3 aromatic rings. The van der Waals surface area contributed by atoms with E-state index in [2.05, 4.69) is 26.6 Å². The highest BCUT2D eigenvalue weighted by Gasteiger charge is 2.52. The molecule has 0 aliphatic carbocycles. The van der Waals surface area contributed by atoms with E-state index in [9.17, 15) is 19.1 Å². The number of aliphatic hydroxyl groups is 1. The Morgan fingerprint density at radius 2 is 1.81 bits per heavy atom. The number of fused-ring (bicyclic) bond motifs is 1. The minimum atomic E-state index is -2.32. The zero-order valence-electron chi connectivity index (χ0n) is 17.4. The van der Waals surface area contributed by atoms with E-state index in [1.165, 1.54) is 12.1 Å². The summed E-state index contributed by atoms with van der Waals surface area (Å²) in [5.41, 5.74) is 1.18. The van der Waals surface area contributed by atoms with Gasteiger partial charge >= 0.3 is 6.03 Å². The molecular formula is C24H21BrFN3O3. The van der Waals surface area contributed by atoms with Crippen molar-refractivity contribution in [2.75, 3.05) is 10.2 Å². The molecule has 8 heteroatoms. The number of aryl methyl sites for hydroxylation is 2. The highest BCUT2D eigenvalue weighted by molar-refractivity contribution is 9.10.